The molecule has 31 heavy (non-hydrogen) atoms. The van der Waals surface area contributed by atoms with Gasteiger partial charge in [0.05, 0.1) is 18.5 Å². The van der Waals surface area contributed by atoms with Gasteiger partial charge >= 0.3 is 0 Å². The number of piperidine rings is 1. The first kappa shape index (κ1) is 23.6. The zero-order chi connectivity index (χ0) is 22.6. The number of sulfonamides is 1. The van der Waals surface area contributed by atoms with E-state index in [1.165, 1.54) is 28.6 Å². The Balaban J connectivity index is 1.75. The quantitative estimate of drug-likeness (QED) is 0.696. The van der Waals surface area contributed by atoms with E-state index >= 15 is 0 Å². The van der Waals surface area contributed by atoms with Crippen LogP contribution in [-0.4, -0.2) is 80.1 Å². The molecule has 0 aliphatic carbocycles. The highest BCUT2D eigenvalue weighted by molar-refractivity contribution is 7.89. The Morgan fingerprint density at radius 2 is 1.65 bits per heavy atom. The summed E-state index contributed by atoms with van der Waals surface area (Å²) in [6, 6.07) is 4.36. The molecular weight excluding hydrogens is 425 g/mol. The average molecular weight is 456 g/mol. The molecule has 2 saturated heterocycles. The van der Waals surface area contributed by atoms with E-state index in [1.54, 1.807) is 18.7 Å². The molecule has 0 radical (unpaired) electrons. The van der Waals surface area contributed by atoms with E-state index in [0.717, 1.165) is 0 Å². The third-order valence-electron chi connectivity index (χ3n) is 5.91. The molecule has 2 fully saturated rings. The van der Waals surface area contributed by atoms with Crippen LogP contribution in [0.2, 0.25) is 0 Å². The van der Waals surface area contributed by atoms with Gasteiger partial charge in [0.25, 0.3) is 5.91 Å². The van der Waals surface area contributed by atoms with Crippen molar-refractivity contribution in [3.05, 3.63) is 35.6 Å². The van der Waals surface area contributed by atoms with Gasteiger partial charge in [-0.2, -0.15) is 0 Å². The SMILES string of the molecule is CC(C)S(=O)(=O)N1CCC([C@H](NC(=O)c2ccc(F)cc2)C(=O)N2CCOCC2)CC1. The molecule has 0 saturated carbocycles. The molecule has 0 bridgehead atoms. The number of nitrogens with one attached hydrogen (secondary N) is 1. The number of morpholine rings is 1. The lowest BCUT2D eigenvalue weighted by molar-refractivity contribution is -0.139. The molecule has 0 spiro atoms. The molecular formula is C21H30FN3O5S. The molecule has 2 heterocycles. The third-order valence-corrected chi connectivity index (χ3v) is 8.18. The molecule has 10 heteroatoms. The average Bonchev–Trinajstić information content (AvgIpc) is 2.78. The first-order valence-corrected chi connectivity index (χ1v) is 12.1. The van der Waals surface area contributed by atoms with Crippen LogP contribution in [0.5, 0.6) is 0 Å². The number of carbonyl (C=O) groups excluding carboxylic acids is 2. The fourth-order valence-electron chi connectivity index (χ4n) is 3.95. The smallest absolute Gasteiger partial charge is 0.251 e. The van der Waals surface area contributed by atoms with Crippen LogP contribution in [0.4, 0.5) is 4.39 Å². The summed E-state index contributed by atoms with van der Waals surface area (Å²) in [6.45, 7) is 5.69. The Morgan fingerprint density at radius 1 is 1.06 bits per heavy atom. The Hall–Kier alpha value is -2.04. The fraction of sp³-hybridized carbons (Fsp3) is 0.619. The maximum absolute atomic E-state index is 13.3. The Labute approximate surface area is 182 Å². The second kappa shape index (κ2) is 10.1. The Kier molecular flexibility index (Phi) is 7.66. The van der Waals surface area contributed by atoms with E-state index in [0.29, 0.717) is 52.2 Å². The van der Waals surface area contributed by atoms with Crippen molar-refractivity contribution in [2.75, 3.05) is 39.4 Å². The van der Waals surface area contributed by atoms with Gasteiger partial charge in [0.1, 0.15) is 11.9 Å². The first-order valence-electron chi connectivity index (χ1n) is 10.6. The summed E-state index contributed by atoms with van der Waals surface area (Å²) in [4.78, 5) is 27.7. The van der Waals surface area contributed by atoms with Gasteiger partial charge < -0.3 is 15.0 Å². The van der Waals surface area contributed by atoms with Crippen LogP contribution in [0.15, 0.2) is 24.3 Å². The highest BCUT2D eigenvalue weighted by atomic mass is 32.2. The van der Waals surface area contributed by atoms with Crippen LogP contribution in [-0.2, 0) is 19.6 Å². The molecule has 2 aliphatic heterocycles. The summed E-state index contributed by atoms with van der Waals surface area (Å²) in [5.74, 6) is -1.29. The standard InChI is InChI=1S/C21H30FN3O5S/c1-15(2)31(28,29)25-9-7-16(8-10-25)19(21(27)24-11-13-30-14-12-24)23-20(26)17-3-5-18(22)6-4-17/h3-6,15-16,19H,7-14H2,1-2H3,(H,23,26)/t19-/m0/s1. The maximum atomic E-state index is 13.3. The van der Waals surface area contributed by atoms with Crippen LogP contribution in [0, 0.1) is 11.7 Å². The molecule has 1 atom stereocenters. The van der Waals surface area contributed by atoms with Crippen LogP contribution in [0.1, 0.15) is 37.0 Å². The lowest BCUT2D eigenvalue weighted by Gasteiger charge is -2.38. The summed E-state index contributed by atoms with van der Waals surface area (Å²) >= 11 is 0. The third kappa shape index (κ3) is 5.61. The second-order valence-electron chi connectivity index (χ2n) is 8.23. The number of carbonyl (C=O) groups is 2. The molecule has 2 amide bonds. The van der Waals surface area contributed by atoms with E-state index < -0.39 is 33.0 Å². The van der Waals surface area contributed by atoms with Crippen LogP contribution < -0.4 is 5.32 Å². The number of nitrogens with zero attached hydrogens (tertiary/aromatic N) is 2. The number of hydrogen-bond acceptors (Lipinski definition) is 5. The summed E-state index contributed by atoms with van der Waals surface area (Å²) in [5, 5.41) is 2.33. The van der Waals surface area contributed by atoms with Crippen molar-refractivity contribution < 1.29 is 27.1 Å². The van der Waals surface area contributed by atoms with Gasteiger partial charge in [-0.15, -0.1) is 0 Å². The van der Waals surface area contributed by atoms with Crippen molar-refractivity contribution in [1.82, 2.24) is 14.5 Å². The summed E-state index contributed by atoms with van der Waals surface area (Å²) in [6.07, 6.45) is 0.937. The first-order chi connectivity index (χ1) is 14.7. The van der Waals surface area contributed by atoms with Gasteiger partial charge in [-0.25, -0.2) is 17.1 Å². The lowest BCUT2D eigenvalue weighted by Crippen LogP contribution is -2.56. The Morgan fingerprint density at radius 3 is 2.19 bits per heavy atom. The number of benzene rings is 1. The van der Waals surface area contributed by atoms with Crippen LogP contribution in [0.25, 0.3) is 0 Å². The summed E-state index contributed by atoms with van der Waals surface area (Å²) in [5.41, 5.74) is 0.265. The molecule has 0 aromatic heterocycles. The molecule has 172 valence electrons. The molecule has 8 nitrogen and oxygen atoms in total. The number of halogens is 1. The number of ether oxygens (including phenoxy) is 1. The minimum absolute atomic E-state index is 0.191. The predicted octanol–water partition coefficient (Wildman–Crippen LogP) is 1.23. The van der Waals surface area contributed by atoms with Crippen molar-refractivity contribution in [1.29, 1.82) is 0 Å². The molecule has 1 aromatic rings. The summed E-state index contributed by atoms with van der Waals surface area (Å²) in [7, 11) is -3.36. The van der Waals surface area contributed by atoms with Crippen LogP contribution >= 0.6 is 0 Å². The van der Waals surface area contributed by atoms with Crippen LogP contribution in [0.3, 0.4) is 0 Å². The van der Waals surface area contributed by atoms with Gasteiger partial charge in [-0.05, 0) is 56.9 Å². The van der Waals surface area contributed by atoms with Crippen molar-refractivity contribution in [2.24, 2.45) is 5.92 Å². The summed E-state index contributed by atoms with van der Waals surface area (Å²) < 4.78 is 44.9. The van der Waals surface area contributed by atoms with E-state index in [4.69, 9.17) is 4.74 Å². The Bertz CT molecular complexity index is 877. The zero-order valence-electron chi connectivity index (χ0n) is 17.9. The van der Waals surface area contributed by atoms with E-state index in [9.17, 15) is 22.4 Å². The largest absolute Gasteiger partial charge is 0.378 e. The zero-order valence-corrected chi connectivity index (χ0v) is 18.7. The minimum Gasteiger partial charge on any atom is -0.378 e. The number of hydrogen-bond donors (Lipinski definition) is 1. The van der Waals surface area contributed by atoms with Gasteiger partial charge in [0.2, 0.25) is 15.9 Å². The monoisotopic (exact) mass is 455 g/mol. The van der Waals surface area contributed by atoms with Gasteiger partial charge in [-0.3, -0.25) is 9.59 Å². The normalized spacial score (nSPS) is 19.9. The van der Waals surface area contributed by atoms with Crippen molar-refractivity contribution in [2.45, 2.75) is 38.0 Å². The number of amides is 2. The van der Waals surface area contributed by atoms with Gasteiger partial charge in [-0.1, -0.05) is 0 Å². The highest BCUT2D eigenvalue weighted by Gasteiger charge is 2.38. The van der Waals surface area contributed by atoms with E-state index in [-0.39, 0.29) is 17.4 Å². The van der Waals surface area contributed by atoms with Crippen molar-refractivity contribution in [3.8, 4) is 0 Å². The molecule has 1 N–H and O–H groups in total. The topological polar surface area (TPSA) is 96.0 Å². The molecule has 1 aromatic carbocycles. The van der Waals surface area contributed by atoms with E-state index in [2.05, 4.69) is 5.32 Å². The predicted molar refractivity (Wildman–Crippen MR) is 113 cm³/mol. The fourth-order valence-corrected chi connectivity index (χ4v) is 5.27. The van der Waals surface area contributed by atoms with Gasteiger partial charge in [0.15, 0.2) is 0 Å². The molecule has 0 unspecified atom stereocenters. The minimum atomic E-state index is -3.36. The second-order valence-corrected chi connectivity index (χ2v) is 10.7. The molecule has 3 rings (SSSR count). The van der Waals surface area contributed by atoms with Gasteiger partial charge in [0, 0.05) is 31.7 Å². The maximum Gasteiger partial charge on any atom is 0.251 e. The van der Waals surface area contributed by atoms with Crippen molar-refractivity contribution in [3.63, 3.8) is 0 Å². The van der Waals surface area contributed by atoms with Crippen molar-refractivity contribution >= 4 is 21.8 Å². The van der Waals surface area contributed by atoms with E-state index in [1.807, 2.05) is 0 Å². The molecule has 2 aliphatic rings. The lowest BCUT2D eigenvalue weighted by atomic mass is 9.89. The highest BCUT2D eigenvalue weighted by Crippen LogP contribution is 2.26. The number of rotatable bonds is 6.